The van der Waals surface area contributed by atoms with E-state index >= 15 is 0 Å². The van der Waals surface area contributed by atoms with Crippen LogP contribution in [0, 0.1) is 13.8 Å². The Morgan fingerprint density at radius 3 is 1.32 bits per heavy atom. The average Bonchev–Trinajstić information content (AvgIpc) is 2.74. The van der Waals surface area contributed by atoms with Crippen LogP contribution in [0.2, 0.25) is 0 Å². The van der Waals surface area contributed by atoms with Crippen molar-refractivity contribution in [2.75, 3.05) is 0 Å². The van der Waals surface area contributed by atoms with E-state index in [1.807, 2.05) is 36.4 Å². The SMILES string of the molecule is Cc1cc(-c2ccc(-c3cc(C)c4ccccc4[o+]3)cc2)[o+]c2ccccc12. The number of rotatable bonds is 2. The first-order chi connectivity index (χ1) is 13.7. The van der Waals surface area contributed by atoms with Crippen LogP contribution in [-0.2, 0) is 0 Å². The van der Waals surface area contributed by atoms with Crippen LogP contribution >= 0.6 is 0 Å². The Bertz CT molecular complexity index is 1210. The quantitative estimate of drug-likeness (QED) is 0.300. The second-order valence-electron chi connectivity index (χ2n) is 7.16. The lowest BCUT2D eigenvalue weighted by Crippen LogP contribution is -1.85. The van der Waals surface area contributed by atoms with Gasteiger partial charge < -0.3 is 0 Å². The van der Waals surface area contributed by atoms with Crippen molar-refractivity contribution in [3.8, 4) is 22.6 Å². The van der Waals surface area contributed by atoms with Crippen LogP contribution in [-0.4, -0.2) is 0 Å². The van der Waals surface area contributed by atoms with Crippen molar-refractivity contribution in [1.29, 1.82) is 0 Å². The second kappa shape index (κ2) is 6.58. The molecule has 2 nitrogen and oxygen atoms in total. The predicted molar refractivity (Wildman–Crippen MR) is 115 cm³/mol. The van der Waals surface area contributed by atoms with Crippen molar-refractivity contribution in [2.24, 2.45) is 0 Å². The molecule has 134 valence electrons. The summed E-state index contributed by atoms with van der Waals surface area (Å²) >= 11 is 0. The van der Waals surface area contributed by atoms with E-state index in [0.29, 0.717) is 0 Å². The van der Waals surface area contributed by atoms with Gasteiger partial charge in [-0.3, -0.25) is 0 Å². The third-order valence-corrected chi connectivity index (χ3v) is 5.21. The fourth-order valence-electron chi connectivity index (χ4n) is 3.69. The molecule has 5 rings (SSSR count). The lowest BCUT2D eigenvalue weighted by atomic mass is 10.0. The van der Waals surface area contributed by atoms with Crippen molar-refractivity contribution in [1.82, 2.24) is 0 Å². The average molecular weight is 364 g/mol. The van der Waals surface area contributed by atoms with Gasteiger partial charge in [-0.25, -0.2) is 8.83 Å². The molecule has 5 aromatic rings. The molecule has 0 aliphatic rings. The Hall–Kier alpha value is -3.52. The van der Waals surface area contributed by atoms with Crippen LogP contribution in [0.5, 0.6) is 0 Å². The van der Waals surface area contributed by atoms with E-state index in [2.05, 4.69) is 62.4 Å². The maximum absolute atomic E-state index is 6.13. The predicted octanol–water partition coefficient (Wildman–Crippen LogP) is 7.69. The van der Waals surface area contributed by atoms with Crippen LogP contribution in [0.4, 0.5) is 0 Å². The number of aryl methyl sites for hydroxylation is 2. The van der Waals surface area contributed by atoms with Crippen molar-refractivity contribution in [2.45, 2.75) is 13.8 Å². The fourth-order valence-corrected chi connectivity index (χ4v) is 3.69. The molecule has 0 amide bonds. The molecule has 0 saturated carbocycles. The van der Waals surface area contributed by atoms with Gasteiger partial charge in [0, 0.05) is 24.3 Å². The summed E-state index contributed by atoms with van der Waals surface area (Å²) in [5, 5.41) is 2.29. The number of fused-ring (bicyclic) bond motifs is 2. The molecule has 0 fully saturated rings. The zero-order valence-corrected chi connectivity index (χ0v) is 15.9. The lowest BCUT2D eigenvalue weighted by molar-refractivity contribution is 0.617. The summed E-state index contributed by atoms with van der Waals surface area (Å²) in [6.45, 7) is 4.24. The van der Waals surface area contributed by atoms with Gasteiger partial charge in [-0.1, -0.05) is 24.3 Å². The maximum Gasteiger partial charge on any atom is 0.361 e. The summed E-state index contributed by atoms with van der Waals surface area (Å²) in [6.07, 6.45) is 0. The van der Waals surface area contributed by atoms with E-state index in [-0.39, 0.29) is 0 Å². The first kappa shape index (κ1) is 16.6. The molecule has 0 atom stereocenters. The highest BCUT2D eigenvalue weighted by Gasteiger charge is 2.20. The Morgan fingerprint density at radius 2 is 0.893 bits per heavy atom. The molecule has 0 spiro atoms. The van der Waals surface area contributed by atoms with Crippen LogP contribution < -0.4 is 0 Å². The molecular weight excluding hydrogens is 344 g/mol. The molecule has 2 aromatic heterocycles. The first-order valence-corrected chi connectivity index (χ1v) is 9.45. The van der Waals surface area contributed by atoms with Crippen LogP contribution in [0.25, 0.3) is 44.6 Å². The summed E-state index contributed by atoms with van der Waals surface area (Å²) in [6, 6.07) is 28.8. The lowest BCUT2D eigenvalue weighted by Gasteiger charge is -1.99. The third-order valence-electron chi connectivity index (χ3n) is 5.21. The van der Waals surface area contributed by atoms with Gasteiger partial charge in [0.15, 0.2) is 0 Å². The molecule has 2 heterocycles. The summed E-state index contributed by atoms with van der Waals surface area (Å²) in [5.74, 6) is 1.74. The molecule has 28 heavy (non-hydrogen) atoms. The molecule has 0 radical (unpaired) electrons. The highest BCUT2D eigenvalue weighted by molar-refractivity contribution is 5.84. The standard InChI is InChI=1S/C26H20O2/c1-17-15-25(27-23-9-5-3-7-21(17)23)19-11-13-20(14-12-19)26-16-18(2)22-8-4-6-10-24(22)28-26/h3-16H,1-2H3/q+2. The highest BCUT2D eigenvalue weighted by atomic mass is 16.3. The Labute approximate surface area is 163 Å². The van der Waals surface area contributed by atoms with Crippen molar-refractivity contribution in [3.63, 3.8) is 0 Å². The normalized spacial score (nSPS) is 11.2. The van der Waals surface area contributed by atoms with E-state index in [4.69, 9.17) is 8.83 Å². The van der Waals surface area contributed by atoms with E-state index in [9.17, 15) is 0 Å². The van der Waals surface area contributed by atoms with Gasteiger partial charge in [0.05, 0.1) is 21.9 Å². The summed E-state index contributed by atoms with van der Waals surface area (Å²) in [7, 11) is 0. The number of para-hydroxylation sites is 2. The molecular formula is C26H20O2+2. The van der Waals surface area contributed by atoms with Crippen LogP contribution in [0.3, 0.4) is 0 Å². The van der Waals surface area contributed by atoms with E-state index in [0.717, 1.165) is 44.6 Å². The van der Waals surface area contributed by atoms with Gasteiger partial charge in [0.1, 0.15) is 0 Å². The topological polar surface area (TPSA) is 22.6 Å². The molecule has 0 bridgehead atoms. The maximum atomic E-state index is 6.13. The van der Waals surface area contributed by atoms with Gasteiger partial charge in [-0.15, -0.1) is 0 Å². The molecule has 0 aliphatic heterocycles. The smallest absolute Gasteiger partial charge is 0.207 e. The molecule has 0 unspecified atom stereocenters. The third kappa shape index (κ3) is 2.84. The van der Waals surface area contributed by atoms with Crippen molar-refractivity contribution in [3.05, 3.63) is 96.1 Å². The van der Waals surface area contributed by atoms with Gasteiger partial charge >= 0.3 is 22.7 Å². The van der Waals surface area contributed by atoms with Crippen LogP contribution in [0.15, 0.2) is 93.8 Å². The zero-order valence-electron chi connectivity index (χ0n) is 15.9. The molecule has 0 N–H and O–H groups in total. The molecule has 0 saturated heterocycles. The Morgan fingerprint density at radius 1 is 0.500 bits per heavy atom. The minimum Gasteiger partial charge on any atom is -0.207 e. The summed E-state index contributed by atoms with van der Waals surface area (Å²) in [5.41, 5.74) is 6.33. The van der Waals surface area contributed by atoms with E-state index < -0.39 is 0 Å². The van der Waals surface area contributed by atoms with Gasteiger partial charge in [0.25, 0.3) is 0 Å². The zero-order chi connectivity index (χ0) is 19.1. The molecule has 2 heteroatoms. The summed E-state index contributed by atoms with van der Waals surface area (Å²) < 4.78 is 12.3. The minimum absolute atomic E-state index is 0.870. The fraction of sp³-hybridized carbons (Fsp3) is 0.0769. The Kier molecular flexibility index (Phi) is 3.91. The van der Waals surface area contributed by atoms with Gasteiger partial charge in [-0.2, -0.15) is 0 Å². The number of hydrogen-bond donors (Lipinski definition) is 0. The van der Waals surface area contributed by atoms with Crippen molar-refractivity contribution < 1.29 is 8.83 Å². The number of hydrogen-bond acceptors (Lipinski definition) is 0. The Balaban J connectivity index is 1.56. The molecule has 0 aliphatic carbocycles. The highest BCUT2D eigenvalue weighted by Crippen LogP contribution is 2.31. The van der Waals surface area contributed by atoms with E-state index in [1.54, 1.807) is 0 Å². The van der Waals surface area contributed by atoms with Crippen LogP contribution in [0.1, 0.15) is 11.1 Å². The first-order valence-electron chi connectivity index (χ1n) is 9.45. The van der Waals surface area contributed by atoms with E-state index in [1.165, 1.54) is 11.1 Å². The number of benzene rings is 3. The second-order valence-corrected chi connectivity index (χ2v) is 7.16. The van der Waals surface area contributed by atoms with Gasteiger partial charge in [0.2, 0.25) is 0 Å². The largest absolute Gasteiger partial charge is 0.361 e. The minimum atomic E-state index is 0.870. The summed E-state index contributed by atoms with van der Waals surface area (Å²) in [4.78, 5) is 0. The molecule has 3 aromatic carbocycles. The van der Waals surface area contributed by atoms with Gasteiger partial charge in [-0.05, 0) is 61.4 Å². The monoisotopic (exact) mass is 364 g/mol. The van der Waals surface area contributed by atoms with Crippen molar-refractivity contribution >= 4 is 21.9 Å².